The Hall–Kier alpha value is -0.420. The first kappa shape index (κ1) is 11.1. The monoisotopic (exact) mass is 242 g/mol. The molecule has 0 spiro atoms. The van der Waals surface area contributed by atoms with Crippen LogP contribution in [0.1, 0.15) is 34.9 Å². The maximum atomic E-state index is 10.6. The van der Waals surface area contributed by atoms with Crippen LogP contribution in [0.15, 0.2) is 6.20 Å². The molecule has 1 aliphatic rings. The van der Waals surface area contributed by atoms with E-state index in [0.29, 0.717) is 16.2 Å². The van der Waals surface area contributed by atoms with Crippen molar-refractivity contribution in [3.63, 3.8) is 0 Å². The molecule has 1 saturated heterocycles. The van der Waals surface area contributed by atoms with Crippen LogP contribution < -0.4 is 0 Å². The number of aldehydes is 1. The summed E-state index contributed by atoms with van der Waals surface area (Å²) >= 11 is 3.96. The van der Waals surface area contributed by atoms with E-state index in [-0.39, 0.29) is 0 Å². The highest BCUT2D eigenvalue weighted by atomic mass is 32.2. The van der Waals surface area contributed by atoms with Gasteiger partial charge in [0.15, 0.2) is 6.29 Å². The SMILES string of the molecule is CCC1SCCSC1c1ncc(C=O)[nH]1. The van der Waals surface area contributed by atoms with E-state index in [1.54, 1.807) is 6.20 Å². The summed E-state index contributed by atoms with van der Waals surface area (Å²) in [6.45, 7) is 2.21. The van der Waals surface area contributed by atoms with Gasteiger partial charge in [-0.15, -0.1) is 11.8 Å². The quantitative estimate of drug-likeness (QED) is 0.827. The van der Waals surface area contributed by atoms with Crippen molar-refractivity contribution < 1.29 is 4.79 Å². The zero-order valence-electron chi connectivity index (χ0n) is 8.60. The summed E-state index contributed by atoms with van der Waals surface area (Å²) in [6.07, 6.45) is 3.59. The van der Waals surface area contributed by atoms with E-state index in [4.69, 9.17) is 0 Å². The van der Waals surface area contributed by atoms with E-state index < -0.39 is 0 Å². The second kappa shape index (κ2) is 5.07. The lowest BCUT2D eigenvalue weighted by molar-refractivity contribution is 0.111. The van der Waals surface area contributed by atoms with Gasteiger partial charge in [0, 0.05) is 16.8 Å². The van der Waals surface area contributed by atoms with Gasteiger partial charge in [-0.05, 0) is 6.42 Å². The van der Waals surface area contributed by atoms with Gasteiger partial charge in [0.25, 0.3) is 0 Å². The minimum Gasteiger partial charge on any atom is -0.339 e. The molecule has 0 amide bonds. The molecule has 2 unspecified atom stereocenters. The van der Waals surface area contributed by atoms with Crippen LogP contribution >= 0.6 is 23.5 Å². The number of nitrogens with one attached hydrogen (secondary N) is 1. The van der Waals surface area contributed by atoms with Crippen molar-refractivity contribution in [3.8, 4) is 0 Å². The molecule has 2 heterocycles. The van der Waals surface area contributed by atoms with Crippen molar-refractivity contribution in [2.45, 2.75) is 23.8 Å². The Morgan fingerprint density at radius 2 is 2.40 bits per heavy atom. The number of H-pyrrole nitrogens is 1. The minimum absolute atomic E-state index is 0.419. The third-order valence-corrected chi connectivity index (χ3v) is 5.72. The molecule has 1 fully saturated rings. The minimum atomic E-state index is 0.419. The molecule has 3 nitrogen and oxygen atoms in total. The molecule has 0 radical (unpaired) electrons. The Bertz CT molecular complexity index is 340. The zero-order chi connectivity index (χ0) is 10.7. The number of carbonyl (C=O) groups excluding carboxylic acids is 1. The standard InChI is InChI=1S/C10H14N2OS2/c1-2-8-9(15-4-3-14-8)10-11-5-7(6-13)12-10/h5-6,8-9H,2-4H2,1H3,(H,11,12). The van der Waals surface area contributed by atoms with Gasteiger partial charge in [0.2, 0.25) is 0 Å². The van der Waals surface area contributed by atoms with Crippen LogP contribution in [0.3, 0.4) is 0 Å². The second-order valence-corrected chi connectivity index (χ2v) is 6.05. The van der Waals surface area contributed by atoms with Crippen molar-refractivity contribution in [3.05, 3.63) is 17.7 Å². The van der Waals surface area contributed by atoms with Gasteiger partial charge in [0.05, 0.1) is 17.1 Å². The van der Waals surface area contributed by atoms with Crippen molar-refractivity contribution in [2.24, 2.45) is 0 Å². The van der Waals surface area contributed by atoms with E-state index in [9.17, 15) is 4.79 Å². The maximum Gasteiger partial charge on any atom is 0.167 e. The second-order valence-electron chi connectivity index (χ2n) is 3.45. The van der Waals surface area contributed by atoms with Gasteiger partial charge in [-0.1, -0.05) is 6.92 Å². The number of imidazole rings is 1. The van der Waals surface area contributed by atoms with Crippen LogP contribution in [0.2, 0.25) is 0 Å². The van der Waals surface area contributed by atoms with Crippen LogP contribution in [0.4, 0.5) is 0 Å². The normalized spacial score (nSPS) is 26.5. The largest absolute Gasteiger partial charge is 0.339 e. The first-order valence-electron chi connectivity index (χ1n) is 5.08. The summed E-state index contributed by atoms with van der Waals surface area (Å²) in [5.74, 6) is 3.35. The molecule has 0 aliphatic carbocycles. The van der Waals surface area contributed by atoms with Crippen LogP contribution in [0.5, 0.6) is 0 Å². The number of hydrogen-bond acceptors (Lipinski definition) is 4. The van der Waals surface area contributed by atoms with Gasteiger partial charge >= 0.3 is 0 Å². The van der Waals surface area contributed by atoms with E-state index >= 15 is 0 Å². The lowest BCUT2D eigenvalue weighted by atomic mass is 10.2. The molecule has 2 atom stereocenters. The van der Waals surface area contributed by atoms with Gasteiger partial charge in [-0.3, -0.25) is 4.79 Å². The number of aromatic nitrogens is 2. The summed E-state index contributed by atoms with van der Waals surface area (Å²) in [5.41, 5.74) is 0.580. The Labute approximate surface area is 97.8 Å². The summed E-state index contributed by atoms with van der Waals surface area (Å²) in [5, 5.41) is 1.04. The highest BCUT2D eigenvalue weighted by Crippen LogP contribution is 2.42. The van der Waals surface area contributed by atoms with E-state index in [2.05, 4.69) is 16.9 Å². The van der Waals surface area contributed by atoms with Crippen molar-refractivity contribution in [2.75, 3.05) is 11.5 Å². The lowest BCUT2D eigenvalue weighted by Crippen LogP contribution is -2.19. The van der Waals surface area contributed by atoms with Crippen molar-refractivity contribution >= 4 is 29.8 Å². The predicted octanol–water partition coefficient (Wildman–Crippen LogP) is 2.52. The molecule has 0 saturated carbocycles. The van der Waals surface area contributed by atoms with Gasteiger partial charge < -0.3 is 4.98 Å². The lowest BCUT2D eigenvalue weighted by Gasteiger charge is -2.28. The Morgan fingerprint density at radius 1 is 1.60 bits per heavy atom. The Balaban J connectivity index is 2.16. The summed E-state index contributed by atoms with van der Waals surface area (Å²) in [4.78, 5) is 17.9. The number of carbonyl (C=O) groups is 1. The van der Waals surface area contributed by atoms with Crippen LogP contribution in [-0.2, 0) is 0 Å². The fourth-order valence-electron chi connectivity index (χ4n) is 1.71. The first-order chi connectivity index (χ1) is 7.35. The third-order valence-electron chi connectivity index (χ3n) is 2.46. The summed E-state index contributed by atoms with van der Waals surface area (Å²) in [7, 11) is 0. The molecule has 2 rings (SSSR count). The number of hydrogen-bond donors (Lipinski definition) is 1. The summed E-state index contributed by atoms with van der Waals surface area (Å²) in [6, 6.07) is 0. The average molecular weight is 242 g/mol. The molecule has 1 aromatic heterocycles. The number of thioether (sulfide) groups is 2. The topological polar surface area (TPSA) is 45.8 Å². The van der Waals surface area contributed by atoms with Gasteiger partial charge in [0.1, 0.15) is 5.82 Å². The number of nitrogens with zero attached hydrogens (tertiary/aromatic N) is 1. The first-order valence-corrected chi connectivity index (χ1v) is 7.18. The molecule has 1 N–H and O–H groups in total. The van der Waals surface area contributed by atoms with Gasteiger partial charge in [-0.25, -0.2) is 4.98 Å². The van der Waals surface area contributed by atoms with Crippen LogP contribution in [-0.4, -0.2) is 33.0 Å². The zero-order valence-corrected chi connectivity index (χ0v) is 10.2. The van der Waals surface area contributed by atoms with Crippen molar-refractivity contribution in [1.82, 2.24) is 9.97 Å². The van der Waals surface area contributed by atoms with E-state index in [1.807, 2.05) is 23.5 Å². The average Bonchev–Trinajstić information content (AvgIpc) is 2.77. The van der Waals surface area contributed by atoms with Crippen molar-refractivity contribution in [1.29, 1.82) is 0 Å². The highest BCUT2D eigenvalue weighted by molar-refractivity contribution is 8.06. The van der Waals surface area contributed by atoms with Crippen LogP contribution in [0, 0.1) is 0 Å². The molecule has 1 aromatic rings. The molecular weight excluding hydrogens is 228 g/mol. The van der Waals surface area contributed by atoms with E-state index in [0.717, 1.165) is 18.5 Å². The molecule has 1 aliphatic heterocycles. The molecule has 0 aromatic carbocycles. The predicted molar refractivity (Wildman–Crippen MR) is 65.7 cm³/mol. The van der Waals surface area contributed by atoms with Crippen LogP contribution in [0.25, 0.3) is 0 Å². The fourth-order valence-corrected chi connectivity index (χ4v) is 4.73. The molecule has 0 bridgehead atoms. The number of rotatable bonds is 3. The molecule has 5 heteroatoms. The third kappa shape index (κ3) is 2.39. The summed E-state index contributed by atoms with van der Waals surface area (Å²) < 4.78 is 0. The Morgan fingerprint density at radius 3 is 3.07 bits per heavy atom. The maximum absolute atomic E-state index is 10.6. The van der Waals surface area contributed by atoms with Gasteiger partial charge in [-0.2, -0.15) is 11.8 Å². The molecule has 82 valence electrons. The molecular formula is C10H14N2OS2. The fraction of sp³-hybridized carbons (Fsp3) is 0.600. The molecule has 15 heavy (non-hydrogen) atoms. The highest BCUT2D eigenvalue weighted by Gasteiger charge is 2.28. The smallest absolute Gasteiger partial charge is 0.167 e. The van der Waals surface area contributed by atoms with E-state index in [1.165, 1.54) is 11.5 Å². The number of aromatic amines is 1. The Kier molecular flexibility index (Phi) is 3.75.